The van der Waals surface area contributed by atoms with E-state index in [1.165, 1.54) is 5.56 Å². The molecule has 1 unspecified atom stereocenters. The number of hydrogen-bond donors (Lipinski definition) is 1. The number of nitrogens with zero attached hydrogens (tertiary/aromatic N) is 2. The van der Waals surface area contributed by atoms with Gasteiger partial charge in [-0.15, -0.1) is 0 Å². The average molecular weight is 291 g/mol. The van der Waals surface area contributed by atoms with Crippen molar-refractivity contribution >= 4 is 12.2 Å². The molecule has 0 fully saturated rings. The van der Waals surface area contributed by atoms with Gasteiger partial charge < -0.3 is 9.30 Å². The summed E-state index contributed by atoms with van der Waals surface area (Å²) in [6, 6.07) is 8.20. The molecule has 0 bridgehead atoms. The van der Waals surface area contributed by atoms with E-state index in [1.807, 2.05) is 30.7 Å². The second-order valence-electron chi connectivity index (χ2n) is 5.98. The van der Waals surface area contributed by atoms with Crippen LogP contribution in [0.2, 0.25) is 0 Å². The second-order valence-corrected chi connectivity index (χ2v) is 6.37. The van der Waals surface area contributed by atoms with Crippen molar-refractivity contribution in [2.24, 2.45) is 7.05 Å². The fourth-order valence-corrected chi connectivity index (χ4v) is 2.15. The highest BCUT2D eigenvalue weighted by Gasteiger charge is 2.16. The predicted molar refractivity (Wildman–Crippen MR) is 82.6 cm³/mol. The van der Waals surface area contributed by atoms with Crippen LogP contribution >= 0.6 is 12.2 Å². The highest BCUT2D eigenvalue weighted by Crippen LogP contribution is 2.26. The van der Waals surface area contributed by atoms with Gasteiger partial charge in [-0.25, -0.2) is 0 Å². The maximum Gasteiger partial charge on any atom is 0.195 e. The molecule has 2 aromatic rings. The molecule has 0 spiro atoms. The van der Waals surface area contributed by atoms with Gasteiger partial charge in [-0.2, -0.15) is 5.10 Å². The molecule has 1 atom stereocenters. The van der Waals surface area contributed by atoms with Crippen molar-refractivity contribution in [2.45, 2.75) is 39.2 Å². The lowest BCUT2D eigenvalue weighted by Gasteiger charge is -2.20. The second kappa shape index (κ2) is 5.40. The van der Waals surface area contributed by atoms with Crippen LogP contribution in [0.1, 0.15) is 45.2 Å². The van der Waals surface area contributed by atoms with Crippen molar-refractivity contribution in [3.05, 3.63) is 40.4 Å². The molecule has 0 radical (unpaired) electrons. The molecule has 1 heterocycles. The Kier molecular flexibility index (Phi) is 3.99. The lowest BCUT2D eigenvalue weighted by atomic mass is 9.87. The molecule has 108 valence electrons. The minimum absolute atomic E-state index is 0.149. The molecule has 1 N–H and O–H groups in total. The summed E-state index contributed by atoms with van der Waals surface area (Å²) >= 11 is 5.11. The van der Waals surface area contributed by atoms with Crippen molar-refractivity contribution in [3.8, 4) is 5.75 Å². The number of aromatic amines is 1. The minimum atomic E-state index is -0.159. The molecule has 4 nitrogen and oxygen atoms in total. The summed E-state index contributed by atoms with van der Waals surface area (Å²) in [6.07, 6.45) is -0.159. The maximum atomic E-state index is 5.91. The smallest absolute Gasteiger partial charge is 0.195 e. The summed E-state index contributed by atoms with van der Waals surface area (Å²) < 4.78 is 8.33. The Bertz CT molecular complexity index is 634. The van der Waals surface area contributed by atoms with Crippen LogP contribution in [0.4, 0.5) is 0 Å². The van der Waals surface area contributed by atoms with E-state index in [9.17, 15) is 0 Å². The number of benzene rings is 1. The standard InChI is InChI=1S/C15H21N3OS/c1-10(13-16-17-14(20)18(13)5)19-12-8-6-11(7-9-12)15(2,3)4/h6-10H,1-5H3,(H,17,20). The quantitative estimate of drug-likeness (QED) is 0.872. The number of ether oxygens (including phenoxy) is 1. The lowest BCUT2D eigenvalue weighted by molar-refractivity contribution is 0.212. The van der Waals surface area contributed by atoms with E-state index in [4.69, 9.17) is 17.0 Å². The first-order valence-corrected chi connectivity index (χ1v) is 7.08. The third-order valence-electron chi connectivity index (χ3n) is 3.31. The zero-order valence-corrected chi connectivity index (χ0v) is 13.4. The summed E-state index contributed by atoms with van der Waals surface area (Å²) in [7, 11) is 1.88. The Morgan fingerprint density at radius 2 is 1.85 bits per heavy atom. The summed E-state index contributed by atoms with van der Waals surface area (Å²) in [4.78, 5) is 0. The van der Waals surface area contributed by atoms with Gasteiger partial charge in [0.15, 0.2) is 16.7 Å². The van der Waals surface area contributed by atoms with Gasteiger partial charge in [-0.05, 0) is 42.3 Å². The van der Waals surface area contributed by atoms with Crippen LogP contribution in [0, 0.1) is 4.77 Å². The van der Waals surface area contributed by atoms with Crippen molar-refractivity contribution in [1.82, 2.24) is 14.8 Å². The zero-order valence-electron chi connectivity index (χ0n) is 12.6. The monoisotopic (exact) mass is 291 g/mol. The van der Waals surface area contributed by atoms with Gasteiger partial charge in [0, 0.05) is 7.05 Å². The van der Waals surface area contributed by atoms with Crippen LogP contribution < -0.4 is 4.74 Å². The number of rotatable bonds is 3. The van der Waals surface area contributed by atoms with Crippen LogP contribution in [-0.2, 0) is 12.5 Å². The molecule has 0 amide bonds. The molecule has 0 aliphatic rings. The average Bonchev–Trinajstić information content (AvgIpc) is 2.69. The minimum Gasteiger partial charge on any atom is -0.483 e. The molecule has 0 saturated heterocycles. The normalized spacial score (nSPS) is 13.2. The predicted octanol–water partition coefficient (Wildman–Crippen LogP) is 3.92. The van der Waals surface area contributed by atoms with E-state index in [1.54, 1.807) is 0 Å². The molecular formula is C15H21N3OS. The van der Waals surface area contributed by atoms with E-state index < -0.39 is 0 Å². The summed E-state index contributed by atoms with van der Waals surface area (Å²) in [5, 5.41) is 6.96. The van der Waals surface area contributed by atoms with Crippen LogP contribution in [-0.4, -0.2) is 14.8 Å². The maximum absolute atomic E-state index is 5.91. The Hall–Kier alpha value is -1.62. The third-order valence-corrected chi connectivity index (χ3v) is 3.68. The van der Waals surface area contributed by atoms with Gasteiger partial charge in [0.1, 0.15) is 5.75 Å². The van der Waals surface area contributed by atoms with Crippen molar-refractivity contribution in [1.29, 1.82) is 0 Å². The van der Waals surface area contributed by atoms with Gasteiger partial charge in [0.2, 0.25) is 0 Å². The Labute approximate surface area is 124 Å². The number of hydrogen-bond acceptors (Lipinski definition) is 3. The SMILES string of the molecule is CC(Oc1ccc(C(C)(C)C)cc1)c1n[nH]c(=S)n1C. The molecule has 2 rings (SSSR count). The molecule has 0 aliphatic carbocycles. The van der Waals surface area contributed by atoms with E-state index >= 15 is 0 Å². The molecule has 5 heteroatoms. The van der Waals surface area contributed by atoms with Gasteiger partial charge in [0.25, 0.3) is 0 Å². The van der Waals surface area contributed by atoms with E-state index in [-0.39, 0.29) is 11.5 Å². The molecule has 0 saturated carbocycles. The van der Waals surface area contributed by atoms with Crippen molar-refractivity contribution < 1.29 is 4.74 Å². The largest absolute Gasteiger partial charge is 0.483 e. The number of H-pyrrole nitrogens is 1. The topological polar surface area (TPSA) is 42.8 Å². The van der Waals surface area contributed by atoms with Crippen LogP contribution in [0.25, 0.3) is 0 Å². The van der Waals surface area contributed by atoms with E-state index in [0.29, 0.717) is 4.77 Å². The number of nitrogens with one attached hydrogen (secondary N) is 1. The van der Waals surface area contributed by atoms with E-state index in [0.717, 1.165) is 11.6 Å². The molecule has 1 aromatic heterocycles. The van der Waals surface area contributed by atoms with Crippen molar-refractivity contribution in [3.63, 3.8) is 0 Å². The summed E-state index contributed by atoms with van der Waals surface area (Å²) in [5.41, 5.74) is 1.44. The van der Waals surface area contributed by atoms with Crippen LogP contribution in [0.3, 0.4) is 0 Å². The third kappa shape index (κ3) is 3.10. The first-order chi connectivity index (χ1) is 9.29. The Balaban J connectivity index is 2.14. The molecule has 1 aromatic carbocycles. The van der Waals surface area contributed by atoms with E-state index in [2.05, 4.69) is 43.1 Å². The zero-order chi connectivity index (χ0) is 14.9. The Morgan fingerprint density at radius 1 is 1.25 bits per heavy atom. The lowest BCUT2D eigenvalue weighted by Crippen LogP contribution is -2.12. The van der Waals surface area contributed by atoms with Gasteiger partial charge in [0.05, 0.1) is 0 Å². The van der Waals surface area contributed by atoms with Crippen molar-refractivity contribution in [2.75, 3.05) is 0 Å². The van der Waals surface area contributed by atoms with Crippen LogP contribution in [0.15, 0.2) is 24.3 Å². The van der Waals surface area contributed by atoms with Gasteiger partial charge in [-0.1, -0.05) is 32.9 Å². The Morgan fingerprint density at radius 3 is 2.30 bits per heavy atom. The summed E-state index contributed by atoms with van der Waals surface area (Å²) in [6.45, 7) is 8.55. The van der Waals surface area contributed by atoms with Gasteiger partial charge in [-0.3, -0.25) is 5.10 Å². The van der Waals surface area contributed by atoms with Crippen LogP contribution in [0.5, 0.6) is 5.75 Å². The van der Waals surface area contributed by atoms with Gasteiger partial charge >= 0.3 is 0 Å². The fourth-order valence-electron chi connectivity index (χ4n) is 2.01. The first kappa shape index (κ1) is 14.8. The molecule has 20 heavy (non-hydrogen) atoms. The fraction of sp³-hybridized carbons (Fsp3) is 0.467. The summed E-state index contributed by atoms with van der Waals surface area (Å²) in [5.74, 6) is 1.62. The molecular weight excluding hydrogens is 270 g/mol. The highest BCUT2D eigenvalue weighted by atomic mass is 32.1. The molecule has 0 aliphatic heterocycles. The highest BCUT2D eigenvalue weighted by molar-refractivity contribution is 7.71. The first-order valence-electron chi connectivity index (χ1n) is 6.67. The number of aromatic nitrogens is 3.